The molecule has 0 aliphatic carbocycles. The van der Waals surface area contributed by atoms with Gasteiger partial charge < -0.3 is 15.6 Å². The Balaban J connectivity index is 1.43. The van der Waals surface area contributed by atoms with E-state index in [4.69, 9.17) is 0 Å². The third-order valence-electron chi connectivity index (χ3n) is 4.71. The van der Waals surface area contributed by atoms with Crippen molar-refractivity contribution < 1.29 is 18.8 Å². The minimum absolute atomic E-state index is 0.0272. The molecule has 3 aromatic rings. The SMILES string of the molecule is O=C(CN1C(=O)N[C@@H](Cc2c[nH]c3ccccc23)C1=O)Nc1ccc(Br)cc1F. The van der Waals surface area contributed by atoms with E-state index in [0.717, 1.165) is 21.4 Å². The van der Waals surface area contributed by atoms with Gasteiger partial charge in [0.05, 0.1) is 5.69 Å². The molecule has 1 aromatic heterocycles. The van der Waals surface area contributed by atoms with Gasteiger partial charge in [0.25, 0.3) is 5.91 Å². The second-order valence-electron chi connectivity index (χ2n) is 6.66. The lowest BCUT2D eigenvalue weighted by Crippen LogP contribution is -2.38. The van der Waals surface area contributed by atoms with Crippen molar-refractivity contribution in [2.45, 2.75) is 12.5 Å². The topological polar surface area (TPSA) is 94.3 Å². The quantitative estimate of drug-likeness (QED) is 0.512. The van der Waals surface area contributed by atoms with Crippen LogP contribution in [-0.4, -0.2) is 40.3 Å². The van der Waals surface area contributed by atoms with Crippen LogP contribution in [0.1, 0.15) is 5.56 Å². The highest BCUT2D eigenvalue weighted by molar-refractivity contribution is 9.10. The standard InChI is InChI=1S/C20H16BrFN4O3/c21-12-5-6-16(14(22)8-12)24-18(27)10-26-19(28)17(25-20(26)29)7-11-9-23-15-4-2-1-3-13(11)15/h1-6,8-9,17,23H,7,10H2,(H,24,27)(H,25,29)/t17-/m0/s1. The van der Waals surface area contributed by atoms with Gasteiger partial charge in [0.15, 0.2) is 0 Å². The number of nitrogens with one attached hydrogen (secondary N) is 3. The Bertz CT molecular complexity index is 1130. The second kappa shape index (κ2) is 7.67. The van der Waals surface area contributed by atoms with Gasteiger partial charge >= 0.3 is 6.03 Å². The lowest BCUT2D eigenvalue weighted by atomic mass is 10.1. The number of hydrogen-bond acceptors (Lipinski definition) is 3. The number of nitrogens with zero attached hydrogens (tertiary/aromatic N) is 1. The monoisotopic (exact) mass is 458 g/mol. The smallest absolute Gasteiger partial charge is 0.325 e. The number of urea groups is 1. The maximum absolute atomic E-state index is 13.9. The third-order valence-corrected chi connectivity index (χ3v) is 5.21. The normalized spacial score (nSPS) is 16.3. The van der Waals surface area contributed by atoms with Gasteiger partial charge in [0.1, 0.15) is 18.4 Å². The molecule has 0 bridgehead atoms. The number of hydrogen-bond donors (Lipinski definition) is 3. The number of benzene rings is 2. The molecule has 1 fully saturated rings. The molecule has 1 atom stereocenters. The zero-order chi connectivity index (χ0) is 20.5. The molecule has 4 amide bonds. The van der Waals surface area contributed by atoms with Crippen LogP contribution < -0.4 is 10.6 Å². The molecule has 4 rings (SSSR count). The Labute approximate surface area is 173 Å². The summed E-state index contributed by atoms with van der Waals surface area (Å²) < 4.78 is 14.4. The summed E-state index contributed by atoms with van der Waals surface area (Å²) in [5, 5.41) is 5.95. The fraction of sp³-hybridized carbons (Fsp3) is 0.150. The zero-order valence-corrected chi connectivity index (χ0v) is 16.6. The minimum Gasteiger partial charge on any atom is -0.361 e. The summed E-state index contributed by atoms with van der Waals surface area (Å²) >= 11 is 3.13. The Morgan fingerprint density at radius 1 is 1.21 bits per heavy atom. The van der Waals surface area contributed by atoms with Crippen molar-refractivity contribution >= 4 is 50.4 Å². The van der Waals surface area contributed by atoms with Gasteiger partial charge in [0.2, 0.25) is 5.91 Å². The van der Waals surface area contributed by atoms with Gasteiger partial charge in [-0.2, -0.15) is 0 Å². The second-order valence-corrected chi connectivity index (χ2v) is 7.58. The van der Waals surface area contributed by atoms with E-state index in [1.54, 1.807) is 12.3 Å². The van der Waals surface area contributed by atoms with Crippen LogP contribution in [-0.2, 0) is 16.0 Å². The maximum atomic E-state index is 13.9. The van der Waals surface area contributed by atoms with Gasteiger partial charge in [-0.3, -0.25) is 14.5 Å². The van der Waals surface area contributed by atoms with E-state index >= 15 is 0 Å². The number of rotatable bonds is 5. The maximum Gasteiger partial charge on any atom is 0.325 e. The molecule has 3 N–H and O–H groups in total. The molecule has 1 aliphatic heterocycles. The van der Waals surface area contributed by atoms with Crippen molar-refractivity contribution in [1.82, 2.24) is 15.2 Å². The Morgan fingerprint density at radius 3 is 2.79 bits per heavy atom. The van der Waals surface area contributed by atoms with Crippen molar-refractivity contribution in [3.05, 3.63) is 64.5 Å². The predicted octanol–water partition coefficient (Wildman–Crippen LogP) is 3.17. The summed E-state index contributed by atoms with van der Waals surface area (Å²) in [6.07, 6.45) is 2.10. The van der Waals surface area contributed by atoms with Crippen LogP contribution in [0.4, 0.5) is 14.9 Å². The molecule has 29 heavy (non-hydrogen) atoms. The Morgan fingerprint density at radius 2 is 2.00 bits per heavy atom. The van der Waals surface area contributed by atoms with E-state index in [1.165, 1.54) is 12.1 Å². The summed E-state index contributed by atoms with van der Waals surface area (Å²) in [6.45, 7) is -0.495. The van der Waals surface area contributed by atoms with E-state index < -0.39 is 36.2 Å². The van der Waals surface area contributed by atoms with Gasteiger partial charge in [0, 0.05) is 28.0 Å². The van der Waals surface area contributed by atoms with Crippen LogP contribution in [0.3, 0.4) is 0 Å². The molecule has 2 heterocycles. The molecule has 1 aliphatic rings. The van der Waals surface area contributed by atoms with Crippen molar-refractivity contribution in [2.75, 3.05) is 11.9 Å². The van der Waals surface area contributed by atoms with Crippen molar-refractivity contribution in [3.8, 4) is 0 Å². The van der Waals surface area contributed by atoms with Crippen molar-refractivity contribution in [3.63, 3.8) is 0 Å². The number of aromatic nitrogens is 1. The fourth-order valence-electron chi connectivity index (χ4n) is 3.31. The van der Waals surface area contributed by atoms with Crippen LogP contribution in [0, 0.1) is 5.82 Å². The number of carbonyl (C=O) groups excluding carboxylic acids is 3. The first kappa shape index (κ1) is 19.1. The van der Waals surface area contributed by atoms with Gasteiger partial charge in [-0.1, -0.05) is 34.1 Å². The fourth-order valence-corrected chi connectivity index (χ4v) is 3.64. The molecular formula is C20H16BrFN4O3. The largest absolute Gasteiger partial charge is 0.361 e. The molecule has 0 saturated carbocycles. The summed E-state index contributed by atoms with van der Waals surface area (Å²) in [7, 11) is 0. The molecule has 148 valence electrons. The average Bonchev–Trinajstić information content (AvgIpc) is 3.21. The number of amides is 4. The molecule has 0 radical (unpaired) electrons. The number of imide groups is 1. The van der Waals surface area contributed by atoms with Gasteiger partial charge in [-0.15, -0.1) is 0 Å². The first-order chi connectivity index (χ1) is 13.9. The first-order valence-electron chi connectivity index (χ1n) is 8.84. The van der Waals surface area contributed by atoms with Crippen molar-refractivity contribution in [2.24, 2.45) is 0 Å². The van der Waals surface area contributed by atoms with Crippen LogP contribution >= 0.6 is 15.9 Å². The number of carbonyl (C=O) groups is 3. The van der Waals surface area contributed by atoms with Crippen LogP contribution in [0.5, 0.6) is 0 Å². The summed E-state index contributed by atoms with van der Waals surface area (Å²) in [4.78, 5) is 41.1. The summed E-state index contributed by atoms with van der Waals surface area (Å²) in [6, 6.07) is 10.4. The number of para-hydroxylation sites is 1. The first-order valence-corrected chi connectivity index (χ1v) is 9.63. The molecule has 0 unspecified atom stereocenters. The molecule has 9 heteroatoms. The van der Waals surface area contributed by atoms with E-state index in [-0.39, 0.29) is 5.69 Å². The lowest BCUT2D eigenvalue weighted by Gasteiger charge is -2.13. The highest BCUT2D eigenvalue weighted by atomic mass is 79.9. The summed E-state index contributed by atoms with van der Waals surface area (Å²) in [5.74, 6) is -1.78. The third kappa shape index (κ3) is 3.86. The van der Waals surface area contributed by atoms with E-state index in [2.05, 4.69) is 31.5 Å². The number of halogens is 2. The zero-order valence-electron chi connectivity index (χ0n) is 15.0. The highest BCUT2D eigenvalue weighted by Gasteiger charge is 2.39. The number of H-pyrrole nitrogens is 1. The summed E-state index contributed by atoms with van der Waals surface area (Å²) in [5.41, 5.74) is 1.80. The molecule has 2 aromatic carbocycles. The van der Waals surface area contributed by atoms with Gasteiger partial charge in [-0.25, -0.2) is 9.18 Å². The van der Waals surface area contributed by atoms with Crippen LogP contribution in [0.2, 0.25) is 0 Å². The van der Waals surface area contributed by atoms with Gasteiger partial charge in [-0.05, 0) is 29.8 Å². The lowest BCUT2D eigenvalue weighted by molar-refractivity contribution is -0.130. The van der Waals surface area contributed by atoms with E-state index in [9.17, 15) is 18.8 Å². The van der Waals surface area contributed by atoms with E-state index in [1.807, 2.05) is 24.3 Å². The molecule has 7 nitrogen and oxygen atoms in total. The molecule has 0 spiro atoms. The molecular weight excluding hydrogens is 443 g/mol. The van der Waals surface area contributed by atoms with Crippen LogP contribution in [0.25, 0.3) is 10.9 Å². The predicted molar refractivity (Wildman–Crippen MR) is 109 cm³/mol. The highest BCUT2D eigenvalue weighted by Crippen LogP contribution is 2.22. The van der Waals surface area contributed by atoms with Crippen LogP contribution in [0.15, 0.2) is 53.1 Å². The average molecular weight is 459 g/mol. The Kier molecular flexibility index (Phi) is 5.06. The number of fused-ring (bicyclic) bond motifs is 1. The minimum atomic E-state index is -0.765. The van der Waals surface area contributed by atoms with Crippen molar-refractivity contribution in [1.29, 1.82) is 0 Å². The number of aromatic amines is 1. The number of anilines is 1. The Hall–Kier alpha value is -3.20. The molecule has 1 saturated heterocycles. The van der Waals surface area contributed by atoms with E-state index in [0.29, 0.717) is 10.9 Å².